The van der Waals surface area contributed by atoms with E-state index >= 15 is 0 Å². The van der Waals surface area contributed by atoms with E-state index in [0.717, 1.165) is 16.8 Å². The Balaban J connectivity index is 1.92. The van der Waals surface area contributed by atoms with Gasteiger partial charge in [0, 0.05) is 30.5 Å². The minimum atomic E-state index is 0.147. The third-order valence-corrected chi connectivity index (χ3v) is 2.99. The Morgan fingerprint density at radius 2 is 2.06 bits per heavy atom. The first kappa shape index (κ1) is 12.9. The van der Waals surface area contributed by atoms with Gasteiger partial charge in [-0.2, -0.15) is 0 Å². The van der Waals surface area contributed by atoms with Crippen LogP contribution in [0.4, 0.5) is 0 Å². The predicted molar refractivity (Wildman–Crippen MR) is 72.6 cm³/mol. The van der Waals surface area contributed by atoms with Gasteiger partial charge in [0.25, 0.3) is 0 Å². The molecule has 94 valence electrons. The summed E-state index contributed by atoms with van der Waals surface area (Å²) in [6.45, 7) is 3.24. The molecule has 2 rings (SSSR count). The van der Waals surface area contributed by atoms with Crippen LogP contribution in [-0.2, 0) is 13.1 Å². The lowest BCUT2D eigenvalue weighted by molar-refractivity contribution is 0.464. The normalized spacial score (nSPS) is 10.6. The van der Waals surface area contributed by atoms with Gasteiger partial charge < -0.3 is 10.4 Å². The molecule has 4 heteroatoms. The van der Waals surface area contributed by atoms with Gasteiger partial charge in [0.2, 0.25) is 0 Å². The fourth-order valence-corrected chi connectivity index (χ4v) is 1.84. The minimum Gasteiger partial charge on any atom is -0.506 e. The second-order valence-electron chi connectivity index (χ2n) is 4.16. The van der Waals surface area contributed by atoms with Crippen molar-refractivity contribution in [2.24, 2.45) is 0 Å². The molecule has 0 unspecified atom stereocenters. The van der Waals surface area contributed by atoms with Crippen LogP contribution in [0.25, 0.3) is 0 Å². The molecule has 0 saturated heterocycles. The smallest absolute Gasteiger partial charge is 0.138 e. The van der Waals surface area contributed by atoms with Crippen molar-refractivity contribution in [3.8, 4) is 5.75 Å². The van der Waals surface area contributed by atoms with E-state index in [2.05, 4.69) is 10.3 Å². The Hall–Kier alpha value is -1.58. The van der Waals surface area contributed by atoms with Gasteiger partial charge in [0.1, 0.15) is 5.75 Å². The zero-order valence-corrected chi connectivity index (χ0v) is 10.9. The third-order valence-electron chi connectivity index (χ3n) is 2.69. The average molecular weight is 263 g/mol. The number of benzene rings is 1. The van der Waals surface area contributed by atoms with Crippen molar-refractivity contribution in [2.45, 2.75) is 20.0 Å². The van der Waals surface area contributed by atoms with E-state index in [9.17, 15) is 5.11 Å². The first-order valence-corrected chi connectivity index (χ1v) is 6.13. The second-order valence-corrected chi connectivity index (χ2v) is 4.57. The fraction of sp³-hybridized carbons (Fsp3) is 0.214. The number of nitrogens with one attached hydrogen (secondary N) is 1. The highest BCUT2D eigenvalue weighted by Crippen LogP contribution is 2.26. The van der Waals surface area contributed by atoms with Crippen molar-refractivity contribution in [2.75, 3.05) is 0 Å². The van der Waals surface area contributed by atoms with Gasteiger partial charge in [-0.15, -0.1) is 0 Å². The zero-order valence-electron chi connectivity index (χ0n) is 10.2. The summed E-state index contributed by atoms with van der Waals surface area (Å²) in [5, 5.41) is 13.4. The van der Waals surface area contributed by atoms with Crippen LogP contribution in [0.15, 0.2) is 36.5 Å². The number of aromatic hydroxyl groups is 1. The summed E-state index contributed by atoms with van der Waals surface area (Å²) in [7, 11) is 0. The van der Waals surface area contributed by atoms with E-state index in [0.29, 0.717) is 18.1 Å². The number of rotatable bonds is 4. The molecule has 0 radical (unpaired) electrons. The molecule has 1 aromatic carbocycles. The molecule has 0 saturated carbocycles. The van der Waals surface area contributed by atoms with Crippen molar-refractivity contribution in [1.82, 2.24) is 10.3 Å². The molecule has 3 nitrogen and oxygen atoms in total. The molecule has 1 heterocycles. The highest BCUT2D eigenvalue weighted by atomic mass is 35.5. The largest absolute Gasteiger partial charge is 0.506 e. The fourth-order valence-electron chi connectivity index (χ4n) is 1.65. The lowest BCUT2D eigenvalue weighted by Gasteiger charge is -2.08. The van der Waals surface area contributed by atoms with Crippen molar-refractivity contribution < 1.29 is 5.11 Å². The van der Waals surface area contributed by atoms with Gasteiger partial charge in [-0.1, -0.05) is 29.8 Å². The number of hydrogen-bond donors (Lipinski definition) is 2. The molecule has 0 aliphatic heterocycles. The van der Waals surface area contributed by atoms with Crippen LogP contribution < -0.4 is 5.32 Å². The van der Waals surface area contributed by atoms with Crippen molar-refractivity contribution in [3.05, 3.63) is 58.4 Å². The molecule has 2 aromatic rings. The van der Waals surface area contributed by atoms with Crippen molar-refractivity contribution in [3.63, 3.8) is 0 Å². The van der Waals surface area contributed by atoms with Gasteiger partial charge in [0.05, 0.1) is 5.02 Å². The van der Waals surface area contributed by atoms with Crippen LogP contribution in [0.3, 0.4) is 0 Å². The number of phenols is 1. The summed E-state index contributed by atoms with van der Waals surface area (Å²) >= 11 is 5.84. The number of hydrogen-bond acceptors (Lipinski definition) is 3. The molecule has 0 aliphatic carbocycles. The van der Waals surface area contributed by atoms with Gasteiger partial charge >= 0.3 is 0 Å². The Kier molecular flexibility index (Phi) is 4.18. The Bertz CT molecular complexity index is 526. The van der Waals surface area contributed by atoms with Gasteiger partial charge in [-0.25, -0.2) is 0 Å². The summed E-state index contributed by atoms with van der Waals surface area (Å²) in [5.41, 5.74) is 2.91. The molecular formula is C14H15ClN2O. The van der Waals surface area contributed by atoms with Crippen LogP contribution >= 0.6 is 11.6 Å². The molecule has 0 aliphatic rings. The quantitative estimate of drug-likeness (QED) is 0.890. The van der Waals surface area contributed by atoms with E-state index in [4.69, 9.17) is 11.6 Å². The monoisotopic (exact) mass is 262 g/mol. The number of nitrogens with zero attached hydrogens (tertiary/aromatic N) is 1. The Morgan fingerprint density at radius 3 is 2.78 bits per heavy atom. The maximum Gasteiger partial charge on any atom is 0.138 e. The van der Waals surface area contributed by atoms with Crippen molar-refractivity contribution in [1.29, 1.82) is 0 Å². The number of aromatic nitrogens is 1. The topological polar surface area (TPSA) is 45.1 Å². The third kappa shape index (κ3) is 3.22. The van der Waals surface area contributed by atoms with Crippen LogP contribution in [0.1, 0.15) is 16.8 Å². The average Bonchev–Trinajstić information content (AvgIpc) is 2.37. The standard InChI is InChI=1S/C14H15ClN2O/c1-10-5-6-11(8-17-10)7-16-9-12-3-2-4-13(15)14(12)18/h2-6,8,16,18H,7,9H2,1H3. The number of aryl methyl sites for hydroxylation is 1. The zero-order chi connectivity index (χ0) is 13.0. The Labute approximate surface area is 111 Å². The van der Waals surface area contributed by atoms with E-state index in [1.165, 1.54) is 0 Å². The number of halogens is 1. The van der Waals surface area contributed by atoms with Crippen LogP contribution in [0.5, 0.6) is 5.75 Å². The maximum absolute atomic E-state index is 9.75. The van der Waals surface area contributed by atoms with Crippen LogP contribution in [0, 0.1) is 6.92 Å². The molecule has 18 heavy (non-hydrogen) atoms. The highest BCUT2D eigenvalue weighted by Gasteiger charge is 2.04. The van der Waals surface area contributed by atoms with E-state index in [1.54, 1.807) is 6.07 Å². The summed E-state index contributed by atoms with van der Waals surface area (Å²) in [6, 6.07) is 9.36. The van der Waals surface area contributed by atoms with Gasteiger partial charge in [-0.05, 0) is 24.6 Å². The summed E-state index contributed by atoms with van der Waals surface area (Å²) < 4.78 is 0. The highest BCUT2D eigenvalue weighted by molar-refractivity contribution is 6.32. The minimum absolute atomic E-state index is 0.147. The first-order valence-electron chi connectivity index (χ1n) is 5.75. The summed E-state index contributed by atoms with van der Waals surface area (Å²) in [4.78, 5) is 4.23. The van der Waals surface area contributed by atoms with Crippen molar-refractivity contribution >= 4 is 11.6 Å². The van der Waals surface area contributed by atoms with Crippen LogP contribution in [-0.4, -0.2) is 10.1 Å². The van der Waals surface area contributed by atoms with Crippen LogP contribution in [0.2, 0.25) is 5.02 Å². The number of phenolic OH excluding ortho intramolecular Hbond substituents is 1. The number of para-hydroxylation sites is 1. The molecule has 0 atom stereocenters. The SMILES string of the molecule is Cc1ccc(CNCc2cccc(Cl)c2O)cn1. The molecule has 0 spiro atoms. The lowest BCUT2D eigenvalue weighted by atomic mass is 10.2. The number of pyridine rings is 1. The van der Waals surface area contributed by atoms with E-state index in [1.807, 2.05) is 37.4 Å². The Morgan fingerprint density at radius 1 is 1.22 bits per heavy atom. The molecule has 2 N–H and O–H groups in total. The molecule has 0 fully saturated rings. The molecule has 0 amide bonds. The van der Waals surface area contributed by atoms with Gasteiger partial charge in [-0.3, -0.25) is 4.98 Å². The summed E-state index contributed by atoms with van der Waals surface area (Å²) in [6.07, 6.45) is 1.85. The predicted octanol–water partition coefficient (Wildman–Crippen LogP) is 3.04. The molecular weight excluding hydrogens is 248 g/mol. The second kappa shape index (κ2) is 5.85. The first-order chi connectivity index (χ1) is 8.66. The lowest BCUT2D eigenvalue weighted by Crippen LogP contribution is -2.13. The van der Waals surface area contributed by atoms with E-state index in [-0.39, 0.29) is 5.75 Å². The molecule has 1 aromatic heterocycles. The molecule has 0 bridgehead atoms. The van der Waals surface area contributed by atoms with Gasteiger partial charge in [0.15, 0.2) is 0 Å². The summed E-state index contributed by atoms with van der Waals surface area (Å²) in [5.74, 6) is 0.147. The van der Waals surface area contributed by atoms with E-state index < -0.39 is 0 Å². The maximum atomic E-state index is 9.75.